The molecule has 0 radical (unpaired) electrons. The van der Waals surface area contributed by atoms with Crippen LogP contribution in [0.25, 0.3) is 0 Å². The molecule has 0 fully saturated rings. The molecule has 0 saturated heterocycles. The first-order valence-electron chi connectivity index (χ1n) is 4.81. The summed E-state index contributed by atoms with van der Waals surface area (Å²) < 4.78 is 5.06. The fourth-order valence-corrected chi connectivity index (χ4v) is 1.08. The Kier molecular flexibility index (Phi) is 4.72. The van der Waals surface area contributed by atoms with Gasteiger partial charge < -0.3 is 10.5 Å². The molecule has 0 saturated carbocycles. The average Bonchev–Trinajstić information content (AvgIpc) is 2.25. The summed E-state index contributed by atoms with van der Waals surface area (Å²) in [6.45, 7) is 1.15. The molecular weight excluding hydrogens is 178 g/mol. The predicted molar refractivity (Wildman–Crippen MR) is 53.2 cm³/mol. The second-order valence-corrected chi connectivity index (χ2v) is 3.10. The number of quaternary nitrogens is 1. The van der Waals surface area contributed by atoms with Crippen molar-refractivity contribution in [2.24, 2.45) is 0 Å². The number of hydrogen-bond donors (Lipinski definition) is 1. The Balaban J connectivity index is 2.24. The molecule has 0 aromatic heterocycles. The van der Waals surface area contributed by atoms with Crippen molar-refractivity contribution < 1.29 is 15.3 Å². The van der Waals surface area contributed by atoms with E-state index in [9.17, 15) is 4.79 Å². The van der Waals surface area contributed by atoms with Gasteiger partial charge in [0.15, 0.2) is 0 Å². The van der Waals surface area contributed by atoms with Gasteiger partial charge >= 0.3 is 5.97 Å². The zero-order valence-electron chi connectivity index (χ0n) is 8.24. The number of ether oxygens (including phenoxy) is 1. The lowest BCUT2D eigenvalue weighted by atomic mass is 10.2. The molecule has 1 aromatic rings. The molecule has 1 aromatic carbocycles. The Labute approximate surface area is 83.9 Å². The van der Waals surface area contributed by atoms with Gasteiger partial charge in [-0.3, -0.25) is 4.79 Å². The van der Waals surface area contributed by atoms with Crippen molar-refractivity contribution in [2.45, 2.75) is 19.4 Å². The summed E-state index contributed by atoms with van der Waals surface area (Å²) in [5, 5.41) is 0. The second kappa shape index (κ2) is 6.16. The van der Waals surface area contributed by atoms with E-state index in [-0.39, 0.29) is 5.97 Å². The van der Waals surface area contributed by atoms with Crippen LogP contribution < -0.4 is 5.73 Å². The number of carbonyl (C=O) groups is 1. The van der Waals surface area contributed by atoms with Crippen LogP contribution in [0.1, 0.15) is 18.4 Å². The maximum absolute atomic E-state index is 11.1. The Morgan fingerprint density at radius 3 is 2.64 bits per heavy atom. The van der Waals surface area contributed by atoms with Gasteiger partial charge in [0.1, 0.15) is 6.61 Å². The number of carbonyl (C=O) groups excluding carboxylic acids is 1. The normalized spacial score (nSPS) is 9.79. The van der Waals surface area contributed by atoms with E-state index in [2.05, 4.69) is 5.73 Å². The Hall–Kier alpha value is -1.35. The van der Waals surface area contributed by atoms with Crippen molar-refractivity contribution in [3.05, 3.63) is 35.9 Å². The van der Waals surface area contributed by atoms with E-state index in [1.165, 1.54) is 0 Å². The summed E-state index contributed by atoms with van der Waals surface area (Å²) in [6, 6.07) is 9.68. The molecule has 0 bridgehead atoms. The minimum absolute atomic E-state index is 0.141. The first-order valence-corrected chi connectivity index (χ1v) is 4.81. The summed E-state index contributed by atoms with van der Waals surface area (Å²) in [5.74, 6) is -0.141. The minimum Gasteiger partial charge on any atom is -0.461 e. The molecule has 0 aliphatic rings. The lowest BCUT2D eigenvalue weighted by Crippen LogP contribution is -2.50. The highest BCUT2D eigenvalue weighted by atomic mass is 16.5. The molecule has 0 atom stereocenters. The molecule has 0 spiro atoms. The highest BCUT2D eigenvalue weighted by molar-refractivity contribution is 5.69. The van der Waals surface area contributed by atoms with Gasteiger partial charge in [-0.25, -0.2) is 0 Å². The van der Waals surface area contributed by atoms with Crippen LogP contribution in [-0.4, -0.2) is 12.5 Å². The Bertz CT molecular complexity index is 272. The van der Waals surface area contributed by atoms with Crippen LogP contribution >= 0.6 is 0 Å². The van der Waals surface area contributed by atoms with Crippen molar-refractivity contribution in [3.8, 4) is 0 Å². The van der Waals surface area contributed by atoms with Crippen LogP contribution in [0.2, 0.25) is 0 Å². The first-order chi connectivity index (χ1) is 6.83. The topological polar surface area (TPSA) is 53.9 Å². The third-order valence-corrected chi connectivity index (χ3v) is 1.87. The van der Waals surface area contributed by atoms with Crippen LogP contribution in [0.3, 0.4) is 0 Å². The first kappa shape index (κ1) is 10.7. The number of hydrogen-bond acceptors (Lipinski definition) is 2. The van der Waals surface area contributed by atoms with Gasteiger partial charge in [0, 0.05) is 6.42 Å². The van der Waals surface area contributed by atoms with Gasteiger partial charge in [-0.05, 0) is 5.56 Å². The third-order valence-electron chi connectivity index (χ3n) is 1.87. The zero-order valence-corrected chi connectivity index (χ0v) is 8.24. The van der Waals surface area contributed by atoms with E-state index in [0.29, 0.717) is 13.0 Å². The molecule has 1 rings (SSSR count). The second-order valence-electron chi connectivity index (χ2n) is 3.10. The van der Waals surface area contributed by atoms with Crippen molar-refractivity contribution in [3.63, 3.8) is 0 Å². The van der Waals surface area contributed by atoms with E-state index in [1.807, 2.05) is 30.3 Å². The summed E-state index contributed by atoms with van der Waals surface area (Å²) in [6.07, 6.45) is 1.27. The number of benzene rings is 1. The van der Waals surface area contributed by atoms with E-state index in [4.69, 9.17) is 4.74 Å². The Morgan fingerprint density at radius 1 is 1.29 bits per heavy atom. The molecule has 0 unspecified atom stereocenters. The molecule has 3 heteroatoms. The standard InChI is InChI=1S/C11H15NO2/c12-8-4-7-11(13)14-9-10-5-2-1-3-6-10/h1-3,5-6H,4,7-9,12H2/p+1. The summed E-state index contributed by atoms with van der Waals surface area (Å²) in [4.78, 5) is 11.1. The Morgan fingerprint density at radius 2 is 2.00 bits per heavy atom. The average molecular weight is 194 g/mol. The number of esters is 1. The van der Waals surface area contributed by atoms with Crippen LogP contribution in [-0.2, 0) is 16.1 Å². The SMILES string of the molecule is [NH3+]CCCC(=O)OCc1ccccc1. The molecule has 0 heterocycles. The van der Waals surface area contributed by atoms with Crippen LogP contribution in [0, 0.1) is 0 Å². The van der Waals surface area contributed by atoms with E-state index < -0.39 is 0 Å². The van der Waals surface area contributed by atoms with Crippen LogP contribution in [0.5, 0.6) is 0 Å². The van der Waals surface area contributed by atoms with Gasteiger partial charge in [0.05, 0.1) is 13.0 Å². The van der Waals surface area contributed by atoms with Crippen molar-refractivity contribution in [1.82, 2.24) is 0 Å². The van der Waals surface area contributed by atoms with E-state index >= 15 is 0 Å². The summed E-state index contributed by atoms with van der Waals surface area (Å²) in [5.41, 5.74) is 4.69. The van der Waals surface area contributed by atoms with Gasteiger partial charge in [0.25, 0.3) is 0 Å². The maximum Gasteiger partial charge on any atom is 0.306 e. The molecule has 3 N–H and O–H groups in total. The molecule has 3 nitrogen and oxygen atoms in total. The highest BCUT2D eigenvalue weighted by Crippen LogP contribution is 2.01. The van der Waals surface area contributed by atoms with E-state index in [0.717, 1.165) is 18.5 Å². The molecule has 0 amide bonds. The molecule has 0 aliphatic carbocycles. The lowest BCUT2D eigenvalue weighted by Gasteiger charge is -2.03. The monoisotopic (exact) mass is 194 g/mol. The highest BCUT2D eigenvalue weighted by Gasteiger charge is 2.02. The molecule has 0 aliphatic heterocycles. The molecule has 76 valence electrons. The third kappa shape index (κ3) is 4.05. The van der Waals surface area contributed by atoms with E-state index in [1.54, 1.807) is 0 Å². The quantitative estimate of drug-likeness (QED) is 0.703. The summed E-state index contributed by atoms with van der Waals surface area (Å²) in [7, 11) is 0. The fourth-order valence-electron chi connectivity index (χ4n) is 1.08. The van der Waals surface area contributed by atoms with Gasteiger partial charge in [-0.2, -0.15) is 0 Å². The fraction of sp³-hybridized carbons (Fsp3) is 0.364. The van der Waals surface area contributed by atoms with Crippen molar-refractivity contribution in [1.29, 1.82) is 0 Å². The van der Waals surface area contributed by atoms with Gasteiger partial charge in [-0.1, -0.05) is 30.3 Å². The summed E-state index contributed by atoms with van der Waals surface area (Å²) >= 11 is 0. The molecular formula is C11H16NO2+. The minimum atomic E-state index is -0.141. The van der Waals surface area contributed by atoms with Crippen molar-refractivity contribution in [2.75, 3.05) is 6.54 Å². The van der Waals surface area contributed by atoms with Crippen LogP contribution in [0.15, 0.2) is 30.3 Å². The van der Waals surface area contributed by atoms with Crippen LogP contribution in [0.4, 0.5) is 0 Å². The largest absolute Gasteiger partial charge is 0.461 e. The maximum atomic E-state index is 11.1. The smallest absolute Gasteiger partial charge is 0.306 e. The molecule has 14 heavy (non-hydrogen) atoms. The van der Waals surface area contributed by atoms with Crippen molar-refractivity contribution >= 4 is 5.97 Å². The number of rotatable bonds is 5. The lowest BCUT2D eigenvalue weighted by molar-refractivity contribution is -0.368. The van der Waals surface area contributed by atoms with Gasteiger partial charge in [-0.15, -0.1) is 0 Å². The predicted octanol–water partition coefficient (Wildman–Crippen LogP) is 0.752. The van der Waals surface area contributed by atoms with Gasteiger partial charge in [0.2, 0.25) is 0 Å². The zero-order chi connectivity index (χ0) is 10.2.